The number of carbonyl (C=O) groups is 1. The summed E-state index contributed by atoms with van der Waals surface area (Å²) in [5.74, 6) is 1.43. The van der Waals surface area contributed by atoms with Gasteiger partial charge in [0.1, 0.15) is 5.82 Å². The molecule has 1 aromatic carbocycles. The summed E-state index contributed by atoms with van der Waals surface area (Å²) >= 11 is 1.65. The van der Waals surface area contributed by atoms with Crippen LogP contribution in [0.5, 0.6) is 0 Å². The van der Waals surface area contributed by atoms with Crippen molar-refractivity contribution in [2.45, 2.75) is 25.7 Å². The van der Waals surface area contributed by atoms with Gasteiger partial charge in [-0.1, -0.05) is 30.3 Å². The van der Waals surface area contributed by atoms with E-state index in [0.29, 0.717) is 5.92 Å². The van der Waals surface area contributed by atoms with Crippen molar-refractivity contribution in [2.75, 3.05) is 13.1 Å². The average molecular weight is 351 g/mol. The summed E-state index contributed by atoms with van der Waals surface area (Å²) in [6.07, 6.45) is 5.73. The Bertz CT molecular complexity index is 854. The van der Waals surface area contributed by atoms with Crippen molar-refractivity contribution in [1.82, 2.24) is 14.9 Å². The summed E-state index contributed by atoms with van der Waals surface area (Å²) in [5.41, 5.74) is 3.02. The number of thiophene rings is 1. The molecule has 1 fully saturated rings. The smallest absolute Gasteiger partial charge is 0.255 e. The quantitative estimate of drug-likeness (QED) is 0.757. The van der Waals surface area contributed by atoms with Gasteiger partial charge in [0.25, 0.3) is 5.91 Å². The zero-order chi connectivity index (χ0) is 17.2. The Morgan fingerprint density at radius 2 is 2.16 bits per heavy atom. The van der Waals surface area contributed by atoms with Crippen LogP contribution in [-0.2, 0) is 0 Å². The molecule has 0 unspecified atom stereocenters. The topological polar surface area (TPSA) is 49.0 Å². The number of likely N-dealkylation sites (tertiary alicyclic amines) is 1. The highest BCUT2D eigenvalue weighted by molar-refractivity contribution is 7.10. The molecule has 25 heavy (non-hydrogen) atoms. The second-order valence-electron chi connectivity index (χ2n) is 6.51. The van der Waals surface area contributed by atoms with Gasteiger partial charge in [-0.25, -0.2) is 4.98 Å². The maximum Gasteiger partial charge on any atom is 0.255 e. The SMILES string of the molecule is Cc1scc(C(=O)N2CCC[C@@H](c3ncc[nH]3)C2)c1-c1ccccc1. The predicted octanol–water partition coefficient (Wildman–Crippen LogP) is 4.47. The molecule has 3 aromatic rings. The number of aromatic nitrogens is 2. The minimum atomic E-state index is 0.138. The monoisotopic (exact) mass is 351 g/mol. The van der Waals surface area contributed by atoms with Gasteiger partial charge >= 0.3 is 0 Å². The molecule has 1 saturated heterocycles. The lowest BCUT2D eigenvalue weighted by molar-refractivity contribution is 0.0706. The number of nitrogens with zero attached hydrogens (tertiary/aromatic N) is 2. The fourth-order valence-electron chi connectivity index (χ4n) is 3.63. The molecule has 0 spiro atoms. The van der Waals surface area contributed by atoms with Crippen LogP contribution in [0.3, 0.4) is 0 Å². The Labute approximate surface area is 151 Å². The van der Waals surface area contributed by atoms with Gasteiger partial charge in [0.05, 0.1) is 5.56 Å². The molecule has 1 atom stereocenters. The minimum Gasteiger partial charge on any atom is -0.348 e. The Morgan fingerprint density at radius 1 is 1.32 bits per heavy atom. The normalized spacial score (nSPS) is 17.6. The second-order valence-corrected chi connectivity index (χ2v) is 7.60. The Kier molecular flexibility index (Phi) is 4.40. The lowest BCUT2D eigenvalue weighted by Gasteiger charge is -2.32. The number of imidazole rings is 1. The van der Waals surface area contributed by atoms with E-state index in [1.165, 1.54) is 4.88 Å². The molecule has 1 aliphatic heterocycles. The highest BCUT2D eigenvalue weighted by Crippen LogP contribution is 2.34. The number of H-pyrrole nitrogens is 1. The number of hydrogen-bond acceptors (Lipinski definition) is 3. The third kappa shape index (κ3) is 3.12. The number of nitrogens with one attached hydrogen (secondary N) is 1. The van der Waals surface area contributed by atoms with Crippen LogP contribution in [0.25, 0.3) is 11.1 Å². The maximum atomic E-state index is 13.2. The lowest BCUT2D eigenvalue weighted by Crippen LogP contribution is -2.39. The number of aromatic amines is 1. The van der Waals surface area contributed by atoms with Crippen LogP contribution in [0.15, 0.2) is 48.1 Å². The summed E-state index contributed by atoms with van der Waals surface area (Å²) < 4.78 is 0. The largest absolute Gasteiger partial charge is 0.348 e. The van der Waals surface area contributed by atoms with Crippen molar-refractivity contribution in [2.24, 2.45) is 0 Å². The number of carbonyl (C=O) groups excluding carboxylic acids is 1. The molecule has 4 rings (SSSR count). The minimum absolute atomic E-state index is 0.138. The van der Waals surface area contributed by atoms with Crippen molar-refractivity contribution < 1.29 is 4.79 Å². The number of hydrogen-bond donors (Lipinski definition) is 1. The van der Waals surface area contributed by atoms with Gasteiger partial charge < -0.3 is 9.88 Å². The third-order valence-electron chi connectivity index (χ3n) is 4.88. The summed E-state index contributed by atoms with van der Waals surface area (Å²) in [6.45, 7) is 3.64. The van der Waals surface area contributed by atoms with E-state index in [9.17, 15) is 4.79 Å². The van der Waals surface area contributed by atoms with E-state index >= 15 is 0 Å². The van der Waals surface area contributed by atoms with E-state index in [2.05, 4.69) is 29.0 Å². The Morgan fingerprint density at radius 3 is 2.92 bits per heavy atom. The van der Waals surface area contributed by atoms with E-state index in [1.54, 1.807) is 17.5 Å². The molecule has 5 heteroatoms. The molecule has 0 saturated carbocycles. The van der Waals surface area contributed by atoms with Crippen LogP contribution in [-0.4, -0.2) is 33.9 Å². The third-order valence-corrected chi connectivity index (χ3v) is 5.79. The number of piperidine rings is 1. The molecule has 1 aliphatic rings. The fourth-order valence-corrected chi connectivity index (χ4v) is 4.49. The van der Waals surface area contributed by atoms with Crippen molar-refractivity contribution in [3.05, 3.63) is 64.4 Å². The van der Waals surface area contributed by atoms with Crippen molar-refractivity contribution in [3.8, 4) is 11.1 Å². The predicted molar refractivity (Wildman–Crippen MR) is 101 cm³/mol. The first-order valence-electron chi connectivity index (χ1n) is 8.66. The van der Waals surface area contributed by atoms with Crippen LogP contribution >= 0.6 is 11.3 Å². The molecular weight excluding hydrogens is 330 g/mol. The van der Waals surface area contributed by atoms with Crippen molar-refractivity contribution in [3.63, 3.8) is 0 Å². The van der Waals surface area contributed by atoms with E-state index in [1.807, 2.05) is 34.7 Å². The first kappa shape index (κ1) is 16.1. The van der Waals surface area contributed by atoms with Crippen molar-refractivity contribution >= 4 is 17.2 Å². The highest BCUT2D eigenvalue weighted by atomic mass is 32.1. The molecule has 0 radical (unpaired) electrons. The summed E-state index contributed by atoms with van der Waals surface area (Å²) in [6, 6.07) is 10.2. The van der Waals surface area contributed by atoms with Gasteiger partial charge in [0.2, 0.25) is 0 Å². The van der Waals surface area contributed by atoms with Gasteiger partial charge in [0.15, 0.2) is 0 Å². The average Bonchev–Trinajstić information content (AvgIpc) is 3.32. The van der Waals surface area contributed by atoms with Crippen LogP contribution in [0.1, 0.15) is 39.8 Å². The summed E-state index contributed by atoms with van der Waals surface area (Å²) in [5, 5.41) is 2.01. The number of benzene rings is 1. The highest BCUT2D eigenvalue weighted by Gasteiger charge is 2.29. The standard InChI is InChI=1S/C20H21N3OS/c1-14-18(15-6-3-2-4-7-15)17(13-25-14)20(24)23-11-5-8-16(12-23)19-21-9-10-22-19/h2-4,6-7,9-10,13,16H,5,8,11-12H2,1H3,(H,21,22)/t16-/m1/s1. The van der Waals surface area contributed by atoms with E-state index in [4.69, 9.17) is 0 Å². The van der Waals surface area contributed by atoms with E-state index in [-0.39, 0.29) is 5.91 Å². The molecule has 128 valence electrons. The molecular formula is C20H21N3OS. The molecule has 0 bridgehead atoms. The van der Waals surface area contributed by atoms with Gasteiger partial charge in [0, 0.05) is 47.2 Å². The van der Waals surface area contributed by atoms with Crippen LogP contribution in [0.2, 0.25) is 0 Å². The first-order valence-corrected chi connectivity index (χ1v) is 9.54. The van der Waals surface area contributed by atoms with E-state index < -0.39 is 0 Å². The second kappa shape index (κ2) is 6.84. The summed E-state index contributed by atoms with van der Waals surface area (Å²) in [7, 11) is 0. The fraction of sp³-hybridized carbons (Fsp3) is 0.300. The molecule has 1 N–H and O–H groups in total. The van der Waals surface area contributed by atoms with Crippen LogP contribution < -0.4 is 0 Å². The van der Waals surface area contributed by atoms with Crippen LogP contribution in [0.4, 0.5) is 0 Å². The van der Waals surface area contributed by atoms with Gasteiger partial charge in [-0.15, -0.1) is 11.3 Å². The zero-order valence-corrected chi connectivity index (χ0v) is 15.1. The maximum absolute atomic E-state index is 13.2. The van der Waals surface area contributed by atoms with Gasteiger partial charge in [-0.2, -0.15) is 0 Å². The Balaban J connectivity index is 1.61. The zero-order valence-electron chi connectivity index (χ0n) is 14.2. The van der Waals surface area contributed by atoms with Gasteiger partial charge in [-0.05, 0) is 25.3 Å². The molecule has 3 heterocycles. The van der Waals surface area contributed by atoms with Crippen LogP contribution in [0, 0.1) is 6.92 Å². The van der Waals surface area contributed by atoms with Crippen molar-refractivity contribution in [1.29, 1.82) is 0 Å². The Hall–Kier alpha value is -2.40. The summed E-state index contributed by atoms with van der Waals surface area (Å²) in [4.78, 5) is 24.0. The number of amides is 1. The molecule has 1 amide bonds. The number of rotatable bonds is 3. The van der Waals surface area contributed by atoms with Gasteiger partial charge in [-0.3, -0.25) is 4.79 Å². The lowest BCUT2D eigenvalue weighted by atomic mass is 9.95. The van der Waals surface area contributed by atoms with E-state index in [0.717, 1.165) is 48.4 Å². The molecule has 2 aromatic heterocycles. The molecule has 4 nitrogen and oxygen atoms in total. The first-order chi connectivity index (χ1) is 12.2. The molecule has 0 aliphatic carbocycles. The number of aryl methyl sites for hydroxylation is 1.